The zero-order valence-corrected chi connectivity index (χ0v) is 10.4. The van der Waals surface area contributed by atoms with Crippen molar-refractivity contribution in [1.82, 2.24) is 0 Å². The lowest BCUT2D eigenvalue weighted by molar-refractivity contribution is 0.254. The minimum absolute atomic E-state index is 0.304. The molecule has 0 atom stereocenters. The Bertz CT molecular complexity index is 513. The average molecular weight is 248 g/mol. The van der Waals surface area contributed by atoms with Crippen molar-refractivity contribution in [3.63, 3.8) is 0 Å². The molecule has 3 rings (SSSR count). The number of aryl methyl sites for hydroxylation is 1. The Morgan fingerprint density at radius 3 is 2.71 bits per heavy atom. The van der Waals surface area contributed by atoms with E-state index in [1.54, 1.807) is 6.08 Å². The third-order valence-electron chi connectivity index (χ3n) is 4.12. The first-order chi connectivity index (χ1) is 8.25. The van der Waals surface area contributed by atoms with Gasteiger partial charge >= 0.3 is 0 Å². The van der Waals surface area contributed by atoms with E-state index in [0.717, 1.165) is 37.1 Å². The van der Waals surface area contributed by atoms with Crippen LogP contribution in [0.2, 0.25) is 5.02 Å². The quantitative estimate of drug-likeness (QED) is 0.581. The molecule has 0 aromatic heterocycles. The molecule has 0 amide bonds. The van der Waals surface area contributed by atoms with E-state index < -0.39 is 0 Å². The number of nitrogens with zero attached hydrogens (tertiary/aromatic N) is 1. The highest BCUT2D eigenvalue weighted by atomic mass is 35.5. The molecule has 2 aliphatic rings. The van der Waals surface area contributed by atoms with Crippen LogP contribution < -0.4 is 0 Å². The number of fused-ring (bicyclic) bond motifs is 1. The molecule has 0 saturated heterocycles. The summed E-state index contributed by atoms with van der Waals surface area (Å²) in [5, 5.41) is 0.771. The molecular weight excluding hydrogens is 234 g/mol. The maximum Gasteiger partial charge on any atom is 0.235 e. The minimum atomic E-state index is -0.304. The number of rotatable bonds is 2. The number of isocyanates is 1. The zero-order chi connectivity index (χ0) is 11.9. The SMILES string of the molecule is O=C=NC1(c2cc(Cl)cc3c2CCC3)CCC1. The predicted molar refractivity (Wildman–Crippen MR) is 67.1 cm³/mol. The smallest absolute Gasteiger partial charge is 0.211 e. The predicted octanol–water partition coefficient (Wildman–Crippen LogP) is 3.54. The lowest BCUT2D eigenvalue weighted by atomic mass is 9.70. The number of carbonyl (C=O) groups excluding carboxylic acids is 1. The van der Waals surface area contributed by atoms with Crippen molar-refractivity contribution in [2.45, 2.75) is 44.1 Å². The van der Waals surface area contributed by atoms with Gasteiger partial charge in [0.25, 0.3) is 0 Å². The summed E-state index contributed by atoms with van der Waals surface area (Å²) in [6, 6.07) is 4.07. The Hall–Kier alpha value is -1.11. The molecular formula is C14H14ClNO. The van der Waals surface area contributed by atoms with Gasteiger partial charge in [0.15, 0.2) is 0 Å². The number of aliphatic imine (C=N–C) groups is 1. The molecule has 0 unspecified atom stereocenters. The fourth-order valence-corrected chi connectivity index (χ4v) is 3.36. The normalized spacial score (nSPS) is 20.3. The van der Waals surface area contributed by atoms with Crippen molar-refractivity contribution in [1.29, 1.82) is 0 Å². The van der Waals surface area contributed by atoms with Crippen LogP contribution in [0.15, 0.2) is 17.1 Å². The first-order valence-electron chi connectivity index (χ1n) is 6.16. The molecule has 88 valence electrons. The molecule has 1 aromatic rings. The molecule has 0 spiro atoms. The Balaban J connectivity index is 2.17. The molecule has 2 nitrogen and oxygen atoms in total. The van der Waals surface area contributed by atoms with E-state index in [9.17, 15) is 4.79 Å². The van der Waals surface area contributed by atoms with Gasteiger partial charge in [-0.05, 0) is 67.3 Å². The van der Waals surface area contributed by atoms with Crippen LogP contribution in [0.1, 0.15) is 42.4 Å². The summed E-state index contributed by atoms with van der Waals surface area (Å²) in [4.78, 5) is 14.7. The highest BCUT2D eigenvalue weighted by Gasteiger charge is 2.41. The van der Waals surface area contributed by atoms with Crippen molar-refractivity contribution in [2.24, 2.45) is 4.99 Å². The average Bonchev–Trinajstić information content (AvgIpc) is 2.70. The van der Waals surface area contributed by atoms with Gasteiger partial charge in [-0.15, -0.1) is 0 Å². The van der Waals surface area contributed by atoms with Crippen LogP contribution in [0.4, 0.5) is 0 Å². The van der Waals surface area contributed by atoms with Gasteiger partial charge in [-0.1, -0.05) is 11.6 Å². The third-order valence-corrected chi connectivity index (χ3v) is 4.34. The lowest BCUT2D eigenvalue weighted by Crippen LogP contribution is -2.33. The van der Waals surface area contributed by atoms with Gasteiger partial charge in [0.2, 0.25) is 6.08 Å². The highest BCUT2D eigenvalue weighted by molar-refractivity contribution is 6.30. The molecule has 1 fully saturated rings. The minimum Gasteiger partial charge on any atom is -0.211 e. The molecule has 0 N–H and O–H groups in total. The zero-order valence-electron chi connectivity index (χ0n) is 9.63. The third kappa shape index (κ3) is 1.64. The molecule has 0 radical (unpaired) electrons. The molecule has 1 aromatic carbocycles. The van der Waals surface area contributed by atoms with Crippen molar-refractivity contribution < 1.29 is 4.79 Å². The largest absolute Gasteiger partial charge is 0.235 e. The number of hydrogen-bond donors (Lipinski definition) is 0. The topological polar surface area (TPSA) is 29.4 Å². The fourth-order valence-electron chi connectivity index (χ4n) is 3.12. The van der Waals surface area contributed by atoms with Crippen LogP contribution in [-0.2, 0) is 23.2 Å². The Morgan fingerprint density at radius 1 is 1.24 bits per heavy atom. The molecule has 1 saturated carbocycles. The van der Waals surface area contributed by atoms with Gasteiger partial charge in [0.05, 0.1) is 5.54 Å². The first kappa shape index (κ1) is 11.0. The standard InChI is InChI=1S/C14H14ClNO/c15-11-7-10-3-1-4-12(10)13(8-11)14(16-9-17)5-2-6-14/h7-8H,1-6H2. The Morgan fingerprint density at radius 2 is 2.06 bits per heavy atom. The van der Waals surface area contributed by atoms with E-state index in [-0.39, 0.29) is 5.54 Å². The second kappa shape index (κ2) is 3.97. The summed E-state index contributed by atoms with van der Waals surface area (Å²) < 4.78 is 0. The van der Waals surface area contributed by atoms with E-state index in [1.807, 2.05) is 6.07 Å². The van der Waals surface area contributed by atoms with E-state index in [0.29, 0.717) is 0 Å². The Labute approximate surface area is 106 Å². The fraction of sp³-hybridized carbons (Fsp3) is 0.500. The van der Waals surface area contributed by atoms with Gasteiger partial charge in [-0.3, -0.25) is 0 Å². The van der Waals surface area contributed by atoms with Crippen LogP contribution in [0.25, 0.3) is 0 Å². The summed E-state index contributed by atoms with van der Waals surface area (Å²) in [5.74, 6) is 0. The van der Waals surface area contributed by atoms with Crippen molar-refractivity contribution >= 4 is 17.7 Å². The molecule has 0 bridgehead atoms. The van der Waals surface area contributed by atoms with Crippen LogP contribution in [-0.4, -0.2) is 6.08 Å². The van der Waals surface area contributed by atoms with E-state index in [1.165, 1.54) is 23.1 Å². The van der Waals surface area contributed by atoms with Crippen molar-refractivity contribution in [3.8, 4) is 0 Å². The Kier molecular flexibility index (Phi) is 2.57. The van der Waals surface area contributed by atoms with E-state index in [2.05, 4.69) is 11.1 Å². The number of benzene rings is 1. The second-order valence-corrected chi connectivity index (χ2v) is 5.47. The summed E-state index contributed by atoms with van der Waals surface area (Å²) >= 11 is 6.18. The van der Waals surface area contributed by atoms with Gasteiger partial charge in [-0.25, -0.2) is 4.79 Å². The van der Waals surface area contributed by atoms with Crippen LogP contribution >= 0.6 is 11.6 Å². The monoisotopic (exact) mass is 247 g/mol. The summed E-state index contributed by atoms with van der Waals surface area (Å²) in [7, 11) is 0. The van der Waals surface area contributed by atoms with Gasteiger partial charge < -0.3 is 0 Å². The molecule has 3 heteroatoms. The second-order valence-electron chi connectivity index (χ2n) is 5.03. The van der Waals surface area contributed by atoms with Crippen molar-refractivity contribution in [3.05, 3.63) is 33.8 Å². The van der Waals surface area contributed by atoms with Gasteiger partial charge in [-0.2, -0.15) is 4.99 Å². The molecule has 2 aliphatic carbocycles. The summed E-state index contributed by atoms with van der Waals surface area (Å²) in [6.45, 7) is 0. The van der Waals surface area contributed by atoms with Crippen LogP contribution in [0.3, 0.4) is 0 Å². The molecule has 17 heavy (non-hydrogen) atoms. The first-order valence-corrected chi connectivity index (χ1v) is 6.54. The maximum atomic E-state index is 10.6. The van der Waals surface area contributed by atoms with E-state index >= 15 is 0 Å². The van der Waals surface area contributed by atoms with Crippen LogP contribution in [0.5, 0.6) is 0 Å². The maximum absolute atomic E-state index is 10.6. The van der Waals surface area contributed by atoms with Crippen LogP contribution in [0, 0.1) is 0 Å². The molecule has 0 aliphatic heterocycles. The van der Waals surface area contributed by atoms with Gasteiger partial charge in [0.1, 0.15) is 0 Å². The van der Waals surface area contributed by atoms with E-state index in [4.69, 9.17) is 11.6 Å². The number of hydrogen-bond acceptors (Lipinski definition) is 2. The highest BCUT2D eigenvalue weighted by Crippen LogP contribution is 2.48. The summed E-state index contributed by atoms with van der Waals surface area (Å²) in [6.07, 6.45) is 8.17. The van der Waals surface area contributed by atoms with Crippen molar-refractivity contribution in [2.75, 3.05) is 0 Å². The lowest BCUT2D eigenvalue weighted by Gasteiger charge is -2.38. The summed E-state index contributed by atoms with van der Waals surface area (Å²) in [5.41, 5.74) is 3.61. The number of halogens is 1. The van der Waals surface area contributed by atoms with Gasteiger partial charge in [0, 0.05) is 5.02 Å². The molecule has 0 heterocycles.